The van der Waals surface area contributed by atoms with Crippen molar-refractivity contribution in [3.05, 3.63) is 96.3 Å². The molecule has 0 fully saturated rings. The lowest BCUT2D eigenvalue weighted by Gasteiger charge is -2.26. The molecule has 168 valence electrons. The average Bonchev–Trinajstić information content (AvgIpc) is 2.78. The molecule has 1 N–H and O–H groups in total. The summed E-state index contributed by atoms with van der Waals surface area (Å²) in [6, 6.07) is 22.3. The fourth-order valence-electron chi connectivity index (χ4n) is 3.45. The van der Waals surface area contributed by atoms with Gasteiger partial charge in [0.2, 0.25) is 5.91 Å². The number of anilines is 1. The molecule has 0 spiro atoms. The maximum atomic E-state index is 13.5. The molecule has 0 aliphatic rings. The number of rotatable bonds is 9. The molecule has 1 unspecified atom stereocenters. The number of carbonyl (C=O) groups excluding carboxylic acids is 1. The highest BCUT2D eigenvalue weighted by molar-refractivity contribution is 7.92. The van der Waals surface area contributed by atoms with Crippen molar-refractivity contribution in [1.82, 2.24) is 5.32 Å². The van der Waals surface area contributed by atoms with Gasteiger partial charge in [-0.2, -0.15) is 0 Å². The molecule has 0 bridgehead atoms. The zero-order valence-electron chi connectivity index (χ0n) is 18.1. The van der Waals surface area contributed by atoms with E-state index >= 15 is 0 Å². The van der Waals surface area contributed by atoms with Crippen molar-refractivity contribution < 1.29 is 17.6 Å². The largest absolute Gasteiger partial charge is 0.348 e. The Morgan fingerprint density at radius 1 is 0.906 bits per heavy atom. The number of hydrogen-bond acceptors (Lipinski definition) is 3. The van der Waals surface area contributed by atoms with Crippen LogP contribution >= 0.6 is 0 Å². The summed E-state index contributed by atoms with van der Waals surface area (Å²) >= 11 is 0. The number of hydrogen-bond donors (Lipinski definition) is 1. The summed E-state index contributed by atoms with van der Waals surface area (Å²) in [6.07, 6.45) is 0.706. The van der Waals surface area contributed by atoms with E-state index in [0.717, 1.165) is 9.87 Å². The van der Waals surface area contributed by atoms with E-state index in [4.69, 9.17) is 0 Å². The zero-order chi connectivity index (χ0) is 23.1. The number of nitrogens with zero attached hydrogens (tertiary/aromatic N) is 1. The van der Waals surface area contributed by atoms with Crippen LogP contribution in [0.15, 0.2) is 89.8 Å². The van der Waals surface area contributed by atoms with Crippen molar-refractivity contribution in [3.8, 4) is 0 Å². The average molecular weight is 455 g/mol. The van der Waals surface area contributed by atoms with Gasteiger partial charge in [-0.3, -0.25) is 9.10 Å². The molecule has 0 aliphatic heterocycles. The van der Waals surface area contributed by atoms with Crippen LogP contribution in [0.25, 0.3) is 0 Å². The van der Waals surface area contributed by atoms with E-state index in [-0.39, 0.29) is 16.6 Å². The maximum absolute atomic E-state index is 13.5. The molecule has 3 aromatic carbocycles. The Kier molecular flexibility index (Phi) is 7.64. The van der Waals surface area contributed by atoms with E-state index in [0.29, 0.717) is 12.3 Å². The Bertz CT molecular complexity index is 1120. The Balaban J connectivity index is 1.90. The zero-order valence-corrected chi connectivity index (χ0v) is 18.9. The van der Waals surface area contributed by atoms with Crippen molar-refractivity contribution in [2.75, 3.05) is 10.8 Å². The molecule has 32 heavy (non-hydrogen) atoms. The molecule has 0 aliphatic carbocycles. The molecule has 7 heteroatoms. The van der Waals surface area contributed by atoms with Crippen LogP contribution in [0, 0.1) is 11.7 Å². The SMILES string of the molecule is CC(C)CC(NC(=O)CN(c1ccc(F)cc1)S(=O)(=O)c1ccccc1)c1ccccc1. The smallest absolute Gasteiger partial charge is 0.264 e. The Morgan fingerprint density at radius 3 is 2.03 bits per heavy atom. The van der Waals surface area contributed by atoms with Crippen molar-refractivity contribution in [2.45, 2.75) is 31.2 Å². The molecule has 0 radical (unpaired) electrons. The highest BCUT2D eigenvalue weighted by Gasteiger charge is 2.28. The predicted molar refractivity (Wildman–Crippen MR) is 124 cm³/mol. The molecule has 0 saturated heterocycles. The second kappa shape index (κ2) is 10.4. The standard InChI is InChI=1S/C25H27FN2O3S/c1-19(2)17-24(20-9-5-3-6-10-20)27-25(29)18-28(22-15-13-21(26)14-16-22)32(30,31)23-11-7-4-8-12-23/h3-16,19,24H,17-18H2,1-2H3,(H,27,29). The van der Waals surface area contributed by atoms with Crippen LogP contribution in [0.4, 0.5) is 10.1 Å². The lowest BCUT2D eigenvalue weighted by Crippen LogP contribution is -2.42. The van der Waals surface area contributed by atoms with Gasteiger partial charge in [-0.25, -0.2) is 12.8 Å². The normalized spacial score (nSPS) is 12.4. The number of nitrogens with one attached hydrogen (secondary N) is 1. The number of sulfonamides is 1. The summed E-state index contributed by atoms with van der Waals surface area (Å²) in [5, 5.41) is 2.98. The van der Waals surface area contributed by atoms with E-state index < -0.39 is 28.3 Å². The van der Waals surface area contributed by atoms with E-state index in [1.807, 2.05) is 30.3 Å². The number of halogens is 1. The highest BCUT2D eigenvalue weighted by atomic mass is 32.2. The van der Waals surface area contributed by atoms with Gasteiger partial charge in [-0.1, -0.05) is 62.4 Å². The third kappa shape index (κ3) is 5.95. The number of amides is 1. The molecule has 3 aromatic rings. The van der Waals surface area contributed by atoms with Gasteiger partial charge in [0.15, 0.2) is 0 Å². The van der Waals surface area contributed by atoms with Crippen molar-refractivity contribution in [3.63, 3.8) is 0 Å². The fourth-order valence-corrected chi connectivity index (χ4v) is 4.89. The van der Waals surface area contributed by atoms with Gasteiger partial charge in [-0.15, -0.1) is 0 Å². The number of carbonyl (C=O) groups is 1. The Hall–Kier alpha value is -3.19. The third-order valence-corrected chi connectivity index (χ3v) is 6.77. The van der Waals surface area contributed by atoms with Crippen LogP contribution < -0.4 is 9.62 Å². The first-order valence-corrected chi connectivity index (χ1v) is 11.9. The quantitative estimate of drug-likeness (QED) is 0.499. The fraction of sp³-hybridized carbons (Fsp3) is 0.240. The first kappa shape index (κ1) is 23.5. The summed E-state index contributed by atoms with van der Waals surface area (Å²) in [4.78, 5) is 13.1. The first-order chi connectivity index (χ1) is 15.3. The van der Waals surface area contributed by atoms with Crippen LogP contribution in [0.3, 0.4) is 0 Å². The molecule has 0 saturated carbocycles. The molecule has 3 rings (SSSR count). The topological polar surface area (TPSA) is 66.5 Å². The van der Waals surface area contributed by atoms with Crippen molar-refractivity contribution >= 4 is 21.6 Å². The van der Waals surface area contributed by atoms with Crippen LogP contribution in [-0.2, 0) is 14.8 Å². The van der Waals surface area contributed by atoms with Gasteiger partial charge < -0.3 is 5.32 Å². The maximum Gasteiger partial charge on any atom is 0.264 e. The molecule has 0 aromatic heterocycles. The summed E-state index contributed by atoms with van der Waals surface area (Å²) in [5.74, 6) is -0.610. The van der Waals surface area contributed by atoms with E-state index in [9.17, 15) is 17.6 Å². The van der Waals surface area contributed by atoms with Gasteiger partial charge >= 0.3 is 0 Å². The van der Waals surface area contributed by atoms with Gasteiger partial charge in [0.05, 0.1) is 16.6 Å². The minimum absolute atomic E-state index is 0.0546. The lowest BCUT2D eigenvalue weighted by atomic mass is 9.97. The predicted octanol–water partition coefficient (Wildman–Crippen LogP) is 4.92. The lowest BCUT2D eigenvalue weighted by molar-refractivity contribution is -0.120. The Labute approximate surface area is 188 Å². The van der Waals surface area contributed by atoms with Crippen LogP contribution in [-0.4, -0.2) is 20.9 Å². The monoisotopic (exact) mass is 454 g/mol. The molecule has 5 nitrogen and oxygen atoms in total. The second-order valence-electron chi connectivity index (χ2n) is 7.96. The Morgan fingerprint density at radius 2 is 1.47 bits per heavy atom. The second-order valence-corrected chi connectivity index (χ2v) is 9.82. The van der Waals surface area contributed by atoms with Crippen LogP contribution in [0.1, 0.15) is 31.9 Å². The van der Waals surface area contributed by atoms with Gasteiger partial charge in [0.25, 0.3) is 10.0 Å². The summed E-state index contributed by atoms with van der Waals surface area (Å²) in [5.41, 5.74) is 1.17. The van der Waals surface area contributed by atoms with Gasteiger partial charge in [0.1, 0.15) is 12.4 Å². The van der Waals surface area contributed by atoms with Crippen molar-refractivity contribution in [1.29, 1.82) is 0 Å². The molecule has 1 atom stereocenters. The first-order valence-electron chi connectivity index (χ1n) is 10.4. The van der Waals surface area contributed by atoms with Crippen molar-refractivity contribution in [2.24, 2.45) is 5.92 Å². The minimum atomic E-state index is -4.04. The van der Waals surface area contributed by atoms with Crippen LogP contribution in [0.5, 0.6) is 0 Å². The van der Waals surface area contributed by atoms with E-state index in [1.165, 1.54) is 36.4 Å². The van der Waals surface area contributed by atoms with Crippen LogP contribution in [0.2, 0.25) is 0 Å². The molecule has 1 amide bonds. The van der Waals surface area contributed by atoms with Gasteiger partial charge in [-0.05, 0) is 54.3 Å². The third-order valence-electron chi connectivity index (χ3n) is 4.98. The summed E-state index contributed by atoms with van der Waals surface area (Å²) < 4.78 is 41.2. The highest BCUT2D eigenvalue weighted by Crippen LogP contribution is 2.25. The van der Waals surface area contributed by atoms with E-state index in [2.05, 4.69) is 19.2 Å². The van der Waals surface area contributed by atoms with Gasteiger partial charge in [0, 0.05) is 0 Å². The number of benzene rings is 3. The minimum Gasteiger partial charge on any atom is -0.348 e. The molecule has 0 heterocycles. The van der Waals surface area contributed by atoms with E-state index in [1.54, 1.807) is 18.2 Å². The summed E-state index contributed by atoms with van der Waals surface area (Å²) in [6.45, 7) is 3.70. The summed E-state index contributed by atoms with van der Waals surface area (Å²) in [7, 11) is -4.04. The molecular weight excluding hydrogens is 427 g/mol. The molecular formula is C25H27FN2O3S.